The molecule has 27 heavy (non-hydrogen) atoms. The Hall–Kier alpha value is -2.86. The number of hydrogen-bond acceptors (Lipinski definition) is 3. The minimum atomic E-state index is -0.709. The minimum absolute atomic E-state index is 0.117. The third-order valence-electron chi connectivity index (χ3n) is 4.23. The Morgan fingerprint density at radius 1 is 0.963 bits per heavy atom. The van der Waals surface area contributed by atoms with Gasteiger partial charge in [-0.2, -0.15) is 0 Å². The Kier molecular flexibility index (Phi) is 6.58. The van der Waals surface area contributed by atoms with E-state index in [9.17, 15) is 14.4 Å². The predicted molar refractivity (Wildman–Crippen MR) is 104 cm³/mol. The summed E-state index contributed by atoms with van der Waals surface area (Å²) in [5, 5.41) is 5.95. The lowest BCUT2D eigenvalue weighted by Crippen LogP contribution is -2.39. The zero-order chi connectivity index (χ0) is 20.0. The topological polar surface area (TPSA) is 101 Å². The lowest BCUT2D eigenvalue weighted by atomic mass is 9.83. The average Bonchev–Trinajstić information content (AvgIpc) is 2.64. The first-order chi connectivity index (χ1) is 12.7. The Morgan fingerprint density at radius 3 is 2.11 bits per heavy atom. The molecule has 0 unspecified atom stereocenters. The second-order valence-electron chi connectivity index (χ2n) is 6.66. The molecule has 0 aliphatic carbocycles. The van der Waals surface area contributed by atoms with Gasteiger partial charge in [0.05, 0.1) is 12.0 Å². The van der Waals surface area contributed by atoms with Crippen molar-refractivity contribution in [3.63, 3.8) is 0 Å². The van der Waals surface area contributed by atoms with E-state index in [0.29, 0.717) is 17.1 Å². The molecular weight excluding hydrogens is 366 g/mol. The van der Waals surface area contributed by atoms with Crippen LogP contribution in [0.15, 0.2) is 48.5 Å². The zero-order valence-corrected chi connectivity index (χ0v) is 16.0. The minimum Gasteiger partial charge on any atom is -0.368 e. The van der Waals surface area contributed by atoms with E-state index in [1.807, 2.05) is 26.0 Å². The van der Waals surface area contributed by atoms with E-state index >= 15 is 0 Å². The molecule has 7 heteroatoms. The van der Waals surface area contributed by atoms with Crippen molar-refractivity contribution in [2.24, 2.45) is 5.73 Å². The summed E-state index contributed by atoms with van der Waals surface area (Å²) in [6.45, 7) is 3.81. The van der Waals surface area contributed by atoms with E-state index < -0.39 is 11.3 Å². The van der Waals surface area contributed by atoms with Gasteiger partial charge in [0, 0.05) is 17.1 Å². The van der Waals surface area contributed by atoms with Crippen molar-refractivity contribution in [3.8, 4) is 0 Å². The van der Waals surface area contributed by atoms with Crippen LogP contribution in [0.5, 0.6) is 0 Å². The summed E-state index contributed by atoms with van der Waals surface area (Å²) >= 11 is 5.90. The van der Waals surface area contributed by atoms with E-state index in [1.54, 1.807) is 36.4 Å². The third-order valence-corrected chi connectivity index (χ3v) is 4.48. The number of amides is 3. The summed E-state index contributed by atoms with van der Waals surface area (Å²) in [5.74, 6) is -1.10. The highest BCUT2D eigenvalue weighted by atomic mass is 35.5. The molecule has 0 spiro atoms. The van der Waals surface area contributed by atoms with Gasteiger partial charge in [-0.05, 0) is 49.2 Å². The van der Waals surface area contributed by atoms with E-state index in [2.05, 4.69) is 10.6 Å². The standard InChI is InChI=1S/C20H22ClN3O3/c1-20(2,15-7-9-16(21)10-8-15)19(27)24-11-13-3-5-14(6-4-13)18(26)23-12-17(22)25/h3-10H,11-12H2,1-2H3,(H2,22,25)(H,23,26)(H,24,27). The van der Waals surface area contributed by atoms with Crippen LogP contribution < -0.4 is 16.4 Å². The van der Waals surface area contributed by atoms with Gasteiger partial charge in [0.1, 0.15) is 0 Å². The first-order valence-electron chi connectivity index (χ1n) is 8.40. The number of halogens is 1. The second kappa shape index (κ2) is 8.68. The Balaban J connectivity index is 1.95. The molecule has 0 aliphatic heterocycles. The summed E-state index contributed by atoms with van der Waals surface area (Å²) in [6, 6.07) is 13.9. The maximum atomic E-state index is 12.6. The van der Waals surface area contributed by atoms with Gasteiger partial charge in [-0.1, -0.05) is 35.9 Å². The van der Waals surface area contributed by atoms with Crippen LogP contribution in [-0.4, -0.2) is 24.3 Å². The molecule has 0 heterocycles. The fourth-order valence-electron chi connectivity index (χ4n) is 2.44. The van der Waals surface area contributed by atoms with E-state index in [-0.39, 0.29) is 18.4 Å². The van der Waals surface area contributed by atoms with Gasteiger partial charge in [0.15, 0.2) is 0 Å². The molecule has 0 saturated heterocycles. The molecule has 0 saturated carbocycles. The highest BCUT2D eigenvalue weighted by molar-refractivity contribution is 6.30. The second-order valence-corrected chi connectivity index (χ2v) is 7.10. The summed E-state index contributed by atoms with van der Waals surface area (Å²) < 4.78 is 0. The monoisotopic (exact) mass is 387 g/mol. The molecule has 3 amide bonds. The maximum absolute atomic E-state index is 12.6. The van der Waals surface area contributed by atoms with Crippen LogP contribution in [0.2, 0.25) is 5.02 Å². The number of benzene rings is 2. The van der Waals surface area contributed by atoms with Crippen LogP contribution in [0.25, 0.3) is 0 Å². The first kappa shape index (κ1) is 20.5. The molecule has 0 bridgehead atoms. The molecular formula is C20H22ClN3O3. The van der Waals surface area contributed by atoms with Crippen molar-refractivity contribution in [2.45, 2.75) is 25.8 Å². The number of rotatable bonds is 7. The normalized spacial score (nSPS) is 10.9. The molecule has 0 fully saturated rings. The summed E-state index contributed by atoms with van der Waals surface area (Å²) in [4.78, 5) is 35.1. The Labute approximate surface area is 163 Å². The number of nitrogens with two attached hydrogens (primary N) is 1. The van der Waals surface area contributed by atoms with Gasteiger partial charge in [-0.3, -0.25) is 14.4 Å². The third kappa shape index (κ3) is 5.56. The molecule has 0 aliphatic rings. The number of carbonyl (C=O) groups excluding carboxylic acids is 3. The van der Waals surface area contributed by atoms with Crippen molar-refractivity contribution < 1.29 is 14.4 Å². The quantitative estimate of drug-likeness (QED) is 0.678. The zero-order valence-electron chi connectivity index (χ0n) is 15.2. The van der Waals surface area contributed by atoms with Gasteiger partial charge in [0.2, 0.25) is 11.8 Å². The molecule has 6 nitrogen and oxygen atoms in total. The molecule has 0 radical (unpaired) electrons. The maximum Gasteiger partial charge on any atom is 0.251 e. The fourth-order valence-corrected chi connectivity index (χ4v) is 2.57. The molecule has 142 valence electrons. The van der Waals surface area contributed by atoms with Gasteiger partial charge >= 0.3 is 0 Å². The van der Waals surface area contributed by atoms with Crippen molar-refractivity contribution in [3.05, 3.63) is 70.2 Å². The van der Waals surface area contributed by atoms with Crippen molar-refractivity contribution >= 4 is 29.3 Å². The Morgan fingerprint density at radius 2 is 1.56 bits per heavy atom. The fraction of sp³-hybridized carbons (Fsp3) is 0.250. The smallest absolute Gasteiger partial charge is 0.251 e. The van der Waals surface area contributed by atoms with Crippen LogP contribution in [0, 0.1) is 0 Å². The average molecular weight is 388 g/mol. The molecule has 2 aromatic carbocycles. The number of primary amides is 1. The largest absolute Gasteiger partial charge is 0.368 e. The van der Waals surface area contributed by atoms with Crippen LogP contribution >= 0.6 is 11.6 Å². The van der Waals surface area contributed by atoms with Gasteiger partial charge in [-0.15, -0.1) is 0 Å². The Bertz CT molecular complexity index is 831. The summed E-state index contributed by atoms with van der Waals surface area (Å²) in [6.07, 6.45) is 0. The van der Waals surface area contributed by atoms with Crippen LogP contribution in [0.4, 0.5) is 0 Å². The lowest BCUT2D eigenvalue weighted by Gasteiger charge is -2.24. The number of carbonyl (C=O) groups is 3. The van der Waals surface area contributed by atoms with Crippen molar-refractivity contribution in [1.29, 1.82) is 0 Å². The summed E-state index contributed by atoms with van der Waals surface area (Å²) in [5.41, 5.74) is 6.41. The lowest BCUT2D eigenvalue weighted by molar-refractivity contribution is -0.125. The highest BCUT2D eigenvalue weighted by Crippen LogP contribution is 2.25. The van der Waals surface area contributed by atoms with Gasteiger partial charge < -0.3 is 16.4 Å². The molecule has 0 atom stereocenters. The van der Waals surface area contributed by atoms with Crippen LogP contribution in [0.3, 0.4) is 0 Å². The molecule has 4 N–H and O–H groups in total. The number of nitrogens with one attached hydrogen (secondary N) is 2. The van der Waals surface area contributed by atoms with Crippen molar-refractivity contribution in [1.82, 2.24) is 10.6 Å². The van der Waals surface area contributed by atoms with E-state index in [1.165, 1.54) is 0 Å². The van der Waals surface area contributed by atoms with Crippen LogP contribution in [-0.2, 0) is 21.5 Å². The predicted octanol–water partition coefficient (Wildman–Crippen LogP) is 2.15. The van der Waals surface area contributed by atoms with E-state index in [4.69, 9.17) is 17.3 Å². The number of hydrogen-bond donors (Lipinski definition) is 3. The van der Waals surface area contributed by atoms with Crippen molar-refractivity contribution in [2.75, 3.05) is 6.54 Å². The molecule has 0 aromatic heterocycles. The first-order valence-corrected chi connectivity index (χ1v) is 8.77. The summed E-state index contributed by atoms with van der Waals surface area (Å²) in [7, 11) is 0. The van der Waals surface area contributed by atoms with E-state index in [0.717, 1.165) is 11.1 Å². The van der Waals surface area contributed by atoms with Gasteiger partial charge in [0.25, 0.3) is 5.91 Å². The molecule has 2 rings (SSSR count). The molecule has 2 aromatic rings. The van der Waals surface area contributed by atoms with Gasteiger partial charge in [-0.25, -0.2) is 0 Å². The SMILES string of the molecule is CC(C)(C(=O)NCc1ccc(C(=O)NCC(N)=O)cc1)c1ccc(Cl)cc1. The highest BCUT2D eigenvalue weighted by Gasteiger charge is 2.29. The van der Waals surface area contributed by atoms with Crippen LogP contribution in [0.1, 0.15) is 35.3 Å².